The predicted octanol–water partition coefficient (Wildman–Crippen LogP) is 5.46. The van der Waals surface area contributed by atoms with E-state index in [4.69, 9.17) is 14.2 Å². The molecule has 2 N–H and O–H groups in total. The van der Waals surface area contributed by atoms with E-state index in [0.717, 1.165) is 5.56 Å². The third kappa shape index (κ3) is 6.26. The SMILES string of the molecule is COCCOc1cc(NC(=O)Nc2ccc(C)cc2)ccc1Oc1ccccc1. The fourth-order valence-corrected chi connectivity index (χ4v) is 2.56. The van der Waals surface area contributed by atoms with Gasteiger partial charge in [0.2, 0.25) is 0 Å². The number of carbonyl (C=O) groups excluding carboxylic acids is 1. The molecular formula is C23H24N2O4. The predicted molar refractivity (Wildman–Crippen MR) is 114 cm³/mol. The Morgan fingerprint density at radius 3 is 2.24 bits per heavy atom. The van der Waals surface area contributed by atoms with Crippen molar-refractivity contribution in [1.82, 2.24) is 0 Å². The van der Waals surface area contributed by atoms with Crippen LogP contribution in [0.3, 0.4) is 0 Å². The third-order valence-corrected chi connectivity index (χ3v) is 4.03. The molecule has 0 saturated carbocycles. The van der Waals surface area contributed by atoms with Crippen LogP contribution in [0.2, 0.25) is 0 Å². The highest BCUT2D eigenvalue weighted by molar-refractivity contribution is 5.99. The Morgan fingerprint density at radius 2 is 1.52 bits per heavy atom. The van der Waals surface area contributed by atoms with E-state index in [2.05, 4.69) is 10.6 Å². The van der Waals surface area contributed by atoms with E-state index in [9.17, 15) is 4.79 Å². The van der Waals surface area contributed by atoms with Gasteiger partial charge >= 0.3 is 6.03 Å². The standard InChI is InChI=1S/C23H24N2O4/c1-17-8-10-18(11-9-17)24-23(26)25-19-12-13-21(22(16-19)28-15-14-27-2)29-20-6-4-3-5-7-20/h3-13,16H,14-15H2,1-2H3,(H2,24,25,26). The second-order valence-corrected chi connectivity index (χ2v) is 6.36. The third-order valence-electron chi connectivity index (χ3n) is 4.03. The number of aryl methyl sites for hydroxylation is 1. The van der Waals surface area contributed by atoms with Crippen molar-refractivity contribution in [1.29, 1.82) is 0 Å². The Hall–Kier alpha value is -3.51. The number of nitrogens with one attached hydrogen (secondary N) is 2. The van der Waals surface area contributed by atoms with E-state index >= 15 is 0 Å². The maximum Gasteiger partial charge on any atom is 0.323 e. The maximum atomic E-state index is 12.3. The molecule has 150 valence electrons. The first-order chi connectivity index (χ1) is 14.1. The molecule has 0 radical (unpaired) electrons. The van der Waals surface area contributed by atoms with Gasteiger partial charge in [0.25, 0.3) is 0 Å². The first kappa shape index (κ1) is 20.2. The van der Waals surface area contributed by atoms with Gasteiger partial charge in [-0.15, -0.1) is 0 Å². The fourth-order valence-electron chi connectivity index (χ4n) is 2.56. The van der Waals surface area contributed by atoms with Gasteiger partial charge in [0, 0.05) is 24.6 Å². The summed E-state index contributed by atoms with van der Waals surface area (Å²) in [4.78, 5) is 12.3. The minimum absolute atomic E-state index is 0.339. The van der Waals surface area contributed by atoms with Crippen LogP contribution in [0.5, 0.6) is 17.2 Å². The summed E-state index contributed by atoms with van der Waals surface area (Å²) < 4.78 is 16.7. The molecule has 0 unspecified atom stereocenters. The van der Waals surface area contributed by atoms with Gasteiger partial charge in [-0.2, -0.15) is 0 Å². The first-order valence-corrected chi connectivity index (χ1v) is 9.27. The highest BCUT2D eigenvalue weighted by Gasteiger charge is 2.10. The largest absolute Gasteiger partial charge is 0.487 e. The second kappa shape index (κ2) is 10.1. The number of amides is 2. The topological polar surface area (TPSA) is 68.8 Å². The van der Waals surface area contributed by atoms with E-state index in [-0.39, 0.29) is 6.03 Å². The van der Waals surface area contributed by atoms with Crippen LogP contribution in [-0.4, -0.2) is 26.4 Å². The summed E-state index contributed by atoms with van der Waals surface area (Å²) in [5, 5.41) is 5.61. The Balaban J connectivity index is 1.71. The molecular weight excluding hydrogens is 368 g/mol. The van der Waals surface area contributed by atoms with Crippen LogP contribution >= 0.6 is 0 Å². The molecule has 0 saturated heterocycles. The molecule has 0 spiro atoms. The molecule has 3 rings (SSSR count). The molecule has 0 fully saturated rings. The average Bonchev–Trinajstić information content (AvgIpc) is 2.72. The molecule has 3 aromatic carbocycles. The molecule has 3 aromatic rings. The Bertz CT molecular complexity index is 927. The number of rotatable bonds is 8. The Morgan fingerprint density at radius 1 is 0.828 bits per heavy atom. The van der Waals surface area contributed by atoms with Crippen molar-refractivity contribution in [2.75, 3.05) is 31.0 Å². The average molecular weight is 392 g/mol. The lowest BCUT2D eigenvalue weighted by Crippen LogP contribution is -2.19. The van der Waals surface area contributed by atoms with E-state index in [1.807, 2.05) is 61.5 Å². The number of methoxy groups -OCH3 is 1. The van der Waals surface area contributed by atoms with E-state index in [1.165, 1.54) is 0 Å². The minimum Gasteiger partial charge on any atom is -0.487 e. The monoisotopic (exact) mass is 392 g/mol. The molecule has 0 aliphatic heterocycles. The molecule has 0 aliphatic rings. The van der Waals surface area contributed by atoms with Crippen LogP contribution in [0.1, 0.15) is 5.56 Å². The van der Waals surface area contributed by atoms with Crippen molar-refractivity contribution in [3.63, 3.8) is 0 Å². The zero-order chi connectivity index (χ0) is 20.5. The number of ether oxygens (including phenoxy) is 3. The van der Waals surface area contributed by atoms with E-state index in [0.29, 0.717) is 41.8 Å². The van der Waals surface area contributed by atoms with Crippen molar-refractivity contribution >= 4 is 17.4 Å². The first-order valence-electron chi connectivity index (χ1n) is 9.27. The number of hydrogen-bond donors (Lipinski definition) is 2. The van der Waals surface area contributed by atoms with Gasteiger partial charge in [-0.3, -0.25) is 0 Å². The molecule has 6 heteroatoms. The van der Waals surface area contributed by atoms with Gasteiger partial charge in [0.1, 0.15) is 12.4 Å². The minimum atomic E-state index is -0.339. The van der Waals surface area contributed by atoms with Crippen LogP contribution in [0.15, 0.2) is 72.8 Å². The number of hydrogen-bond acceptors (Lipinski definition) is 4. The molecule has 0 heterocycles. The van der Waals surface area contributed by atoms with E-state index in [1.54, 1.807) is 25.3 Å². The zero-order valence-corrected chi connectivity index (χ0v) is 16.5. The highest BCUT2D eigenvalue weighted by Crippen LogP contribution is 2.34. The van der Waals surface area contributed by atoms with Crippen molar-refractivity contribution in [2.24, 2.45) is 0 Å². The summed E-state index contributed by atoms with van der Waals surface area (Å²) in [6.07, 6.45) is 0. The molecule has 0 aromatic heterocycles. The van der Waals surface area contributed by atoms with Gasteiger partial charge in [-0.25, -0.2) is 4.79 Å². The van der Waals surface area contributed by atoms with Crippen LogP contribution in [0.25, 0.3) is 0 Å². The van der Waals surface area contributed by atoms with Crippen LogP contribution in [0.4, 0.5) is 16.2 Å². The van der Waals surface area contributed by atoms with Gasteiger partial charge in [0.05, 0.1) is 6.61 Å². The van der Waals surface area contributed by atoms with Gasteiger partial charge in [-0.05, 0) is 43.3 Å². The van der Waals surface area contributed by atoms with Crippen LogP contribution in [0, 0.1) is 6.92 Å². The molecule has 29 heavy (non-hydrogen) atoms. The Kier molecular flexibility index (Phi) is 7.08. The lowest BCUT2D eigenvalue weighted by atomic mass is 10.2. The van der Waals surface area contributed by atoms with Crippen molar-refractivity contribution < 1.29 is 19.0 Å². The summed E-state index contributed by atoms with van der Waals surface area (Å²) in [7, 11) is 1.61. The zero-order valence-electron chi connectivity index (χ0n) is 16.5. The van der Waals surface area contributed by atoms with Crippen molar-refractivity contribution in [2.45, 2.75) is 6.92 Å². The van der Waals surface area contributed by atoms with Crippen molar-refractivity contribution in [3.8, 4) is 17.2 Å². The number of urea groups is 1. The van der Waals surface area contributed by atoms with Gasteiger partial charge < -0.3 is 24.8 Å². The molecule has 0 atom stereocenters. The Labute approximate surface area is 170 Å². The lowest BCUT2D eigenvalue weighted by molar-refractivity contribution is 0.144. The lowest BCUT2D eigenvalue weighted by Gasteiger charge is -2.15. The quantitative estimate of drug-likeness (QED) is 0.500. The highest BCUT2D eigenvalue weighted by atomic mass is 16.5. The van der Waals surface area contributed by atoms with E-state index < -0.39 is 0 Å². The fraction of sp³-hybridized carbons (Fsp3) is 0.174. The summed E-state index contributed by atoms with van der Waals surface area (Å²) in [6, 6.07) is 21.9. The van der Waals surface area contributed by atoms with Gasteiger partial charge in [-0.1, -0.05) is 35.9 Å². The smallest absolute Gasteiger partial charge is 0.323 e. The molecule has 2 amide bonds. The number of carbonyl (C=O) groups is 1. The maximum absolute atomic E-state index is 12.3. The molecule has 0 aliphatic carbocycles. The summed E-state index contributed by atoms with van der Waals surface area (Å²) in [6.45, 7) is 2.80. The van der Waals surface area contributed by atoms with Gasteiger partial charge in [0.15, 0.2) is 11.5 Å². The normalized spacial score (nSPS) is 10.3. The number of anilines is 2. The second-order valence-electron chi connectivity index (χ2n) is 6.36. The van der Waals surface area contributed by atoms with Crippen molar-refractivity contribution in [3.05, 3.63) is 78.4 Å². The number of benzene rings is 3. The molecule has 6 nitrogen and oxygen atoms in total. The number of para-hydroxylation sites is 1. The molecule has 0 bridgehead atoms. The summed E-state index contributed by atoms with van der Waals surface area (Å²) in [5.41, 5.74) is 2.43. The van der Waals surface area contributed by atoms with Crippen LogP contribution < -0.4 is 20.1 Å². The summed E-state index contributed by atoms with van der Waals surface area (Å²) >= 11 is 0. The van der Waals surface area contributed by atoms with Crippen LogP contribution in [-0.2, 0) is 4.74 Å². The summed E-state index contributed by atoms with van der Waals surface area (Å²) in [5.74, 6) is 1.76.